The third kappa shape index (κ3) is 4.63. The Labute approximate surface area is 198 Å². The maximum absolute atomic E-state index is 13.0. The third-order valence-corrected chi connectivity index (χ3v) is 6.80. The Kier molecular flexibility index (Phi) is 7.17. The molecule has 3 unspecified atom stereocenters. The fourth-order valence-electron chi connectivity index (χ4n) is 5.09. The lowest BCUT2D eigenvalue weighted by molar-refractivity contribution is -0.159. The average Bonchev–Trinajstić information content (AvgIpc) is 3.16. The lowest BCUT2D eigenvalue weighted by Gasteiger charge is -2.38. The van der Waals surface area contributed by atoms with Crippen LogP contribution in [0.4, 0.5) is 4.79 Å². The zero-order valence-corrected chi connectivity index (χ0v) is 19.4. The van der Waals surface area contributed by atoms with Gasteiger partial charge in [0.2, 0.25) is 0 Å². The van der Waals surface area contributed by atoms with E-state index in [2.05, 4.69) is 17.4 Å². The number of carbonyl (C=O) groups excluding carboxylic acids is 2. The fraction of sp³-hybridized carbons (Fsp3) is 0.423. The first-order valence-electron chi connectivity index (χ1n) is 11.6. The molecule has 0 radical (unpaired) electrons. The van der Waals surface area contributed by atoms with Crippen LogP contribution < -0.4 is 5.32 Å². The number of likely N-dealkylation sites (tertiary alicyclic amines) is 1. The van der Waals surface area contributed by atoms with Gasteiger partial charge in [0.05, 0.1) is 6.54 Å². The summed E-state index contributed by atoms with van der Waals surface area (Å²) >= 11 is 0. The molecular formula is C26H30N2O6. The number of nitrogens with zero attached hydrogens (tertiary/aromatic N) is 1. The molecule has 3 atom stereocenters. The first-order valence-corrected chi connectivity index (χ1v) is 11.6. The van der Waals surface area contributed by atoms with Crippen molar-refractivity contribution in [1.82, 2.24) is 10.2 Å². The second-order valence-electron chi connectivity index (χ2n) is 8.87. The van der Waals surface area contributed by atoms with Crippen LogP contribution in [0, 0.1) is 5.92 Å². The lowest BCUT2D eigenvalue weighted by Crippen LogP contribution is -2.56. The van der Waals surface area contributed by atoms with E-state index in [1.54, 1.807) is 0 Å². The first-order chi connectivity index (χ1) is 16.4. The van der Waals surface area contributed by atoms with Crippen molar-refractivity contribution >= 4 is 18.0 Å². The molecule has 34 heavy (non-hydrogen) atoms. The average molecular weight is 467 g/mol. The summed E-state index contributed by atoms with van der Waals surface area (Å²) in [6, 6.07) is 15.2. The van der Waals surface area contributed by atoms with Crippen molar-refractivity contribution in [3.8, 4) is 11.1 Å². The summed E-state index contributed by atoms with van der Waals surface area (Å²) in [4.78, 5) is 38.5. The van der Waals surface area contributed by atoms with Crippen molar-refractivity contribution in [3.63, 3.8) is 0 Å². The molecule has 2 amide bonds. The van der Waals surface area contributed by atoms with Crippen molar-refractivity contribution < 1.29 is 29.0 Å². The van der Waals surface area contributed by atoms with Crippen LogP contribution in [0.3, 0.4) is 0 Å². The zero-order valence-electron chi connectivity index (χ0n) is 19.4. The highest BCUT2D eigenvalue weighted by atomic mass is 16.5. The highest BCUT2D eigenvalue weighted by Crippen LogP contribution is 2.44. The van der Waals surface area contributed by atoms with Gasteiger partial charge in [-0.1, -0.05) is 55.5 Å². The summed E-state index contributed by atoms with van der Waals surface area (Å²) in [6.45, 7) is 2.24. The molecule has 1 aliphatic heterocycles. The van der Waals surface area contributed by atoms with Gasteiger partial charge in [-0.05, 0) is 41.0 Å². The standard InChI is InChI=1S/C26H30N2O6/c1-16-8-7-13-28(23(16)25(30)31)24(29)22(33-2)14-27-26(32)34-15-21-19-11-5-3-9-17(19)18-10-4-6-12-20(18)21/h3-6,9-12,16,21-23H,7-8,13-15H2,1-2H3,(H,27,32)(H,30,31). The number of piperidine rings is 1. The molecule has 1 saturated heterocycles. The van der Waals surface area contributed by atoms with Crippen LogP contribution in [0.15, 0.2) is 48.5 Å². The van der Waals surface area contributed by atoms with Crippen molar-refractivity contribution in [1.29, 1.82) is 0 Å². The first kappa shape index (κ1) is 23.8. The summed E-state index contributed by atoms with van der Waals surface area (Å²) in [6.07, 6.45) is -0.172. The van der Waals surface area contributed by atoms with Gasteiger partial charge in [-0.25, -0.2) is 9.59 Å². The van der Waals surface area contributed by atoms with E-state index in [0.717, 1.165) is 35.1 Å². The Morgan fingerprint density at radius 1 is 1.09 bits per heavy atom. The van der Waals surface area contributed by atoms with Crippen LogP contribution in [-0.4, -0.2) is 66.9 Å². The Bertz CT molecular complexity index is 1030. The minimum atomic E-state index is -1.03. The number of hydrogen-bond donors (Lipinski definition) is 2. The summed E-state index contributed by atoms with van der Waals surface area (Å²) in [5.74, 6) is -1.69. The molecule has 2 aromatic rings. The topological polar surface area (TPSA) is 105 Å². The summed E-state index contributed by atoms with van der Waals surface area (Å²) in [5.41, 5.74) is 4.50. The fourth-order valence-corrected chi connectivity index (χ4v) is 5.09. The maximum atomic E-state index is 13.0. The van der Waals surface area contributed by atoms with Crippen LogP contribution in [0.2, 0.25) is 0 Å². The maximum Gasteiger partial charge on any atom is 0.407 e. The van der Waals surface area contributed by atoms with E-state index in [0.29, 0.717) is 6.54 Å². The minimum Gasteiger partial charge on any atom is -0.480 e. The molecule has 0 spiro atoms. The molecule has 0 bridgehead atoms. The molecule has 1 fully saturated rings. The van der Waals surface area contributed by atoms with Gasteiger partial charge in [0.1, 0.15) is 12.6 Å². The highest BCUT2D eigenvalue weighted by molar-refractivity contribution is 5.87. The second kappa shape index (κ2) is 10.3. The van der Waals surface area contributed by atoms with Crippen LogP contribution in [0.25, 0.3) is 11.1 Å². The zero-order chi connectivity index (χ0) is 24.2. The number of carbonyl (C=O) groups is 3. The Hall–Kier alpha value is -3.39. The number of nitrogens with one attached hydrogen (secondary N) is 1. The number of rotatable bonds is 7. The minimum absolute atomic E-state index is 0.0656. The molecule has 2 aliphatic rings. The predicted molar refractivity (Wildman–Crippen MR) is 125 cm³/mol. The highest BCUT2D eigenvalue weighted by Gasteiger charge is 2.39. The van der Waals surface area contributed by atoms with E-state index < -0.39 is 30.1 Å². The SMILES string of the molecule is COC(CNC(=O)OCC1c2ccccc2-c2ccccc21)C(=O)N1CCCC(C)C1C(=O)O. The van der Waals surface area contributed by atoms with Crippen LogP contribution in [0.1, 0.15) is 36.8 Å². The van der Waals surface area contributed by atoms with Crippen molar-refractivity contribution in [2.24, 2.45) is 5.92 Å². The number of alkyl carbamates (subject to hydrolysis) is 1. The monoisotopic (exact) mass is 466 g/mol. The number of aliphatic carboxylic acids is 1. The van der Waals surface area contributed by atoms with Gasteiger partial charge in [-0.3, -0.25) is 4.79 Å². The molecule has 8 heteroatoms. The molecule has 8 nitrogen and oxygen atoms in total. The molecule has 1 heterocycles. The van der Waals surface area contributed by atoms with Gasteiger partial charge < -0.3 is 24.8 Å². The van der Waals surface area contributed by atoms with Crippen molar-refractivity contribution in [3.05, 3.63) is 59.7 Å². The number of ether oxygens (including phenoxy) is 2. The summed E-state index contributed by atoms with van der Waals surface area (Å²) < 4.78 is 10.8. The van der Waals surface area contributed by atoms with Gasteiger partial charge in [-0.2, -0.15) is 0 Å². The van der Waals surface area contributed by atoms with E-state index in [-0.39, 0.29) is 25.0 Å². The molecule has 4 rings (SSSR count). The van der Waals surface area contributed by atoms with Gasteiger partial charge in [-0.15, -0.1) is 0 Å². The predicted octanol–water partition coefficient (Wildman–Crippen LogP) is 3.25. The van der Waals surface area contributed by atoms with Crippen molar-refractivity contribution in [2.45, 2.75) is 37.8 Å². The van der Waals surface area contributed by atoms with Crippen LogP contribution >= 0.6 is 0 Å². The molecular weight excluding hydrogens is 436 g/mol. The molecule has 0 saturated carbocycles. The van der Waals surface area contributed by atoms with Gasteiger partial charge >= 0.3 is 12.1 Å². The molecule has 2 N–H and O–H groups in total. The lowest BCUT2D eigenvalue weighted by atomic mass is 9.90. The van der Waals surface area contributed by atoms with Gasteiger partial charge in [0, 0.05) is 19.6 Å². The number of fused-ring (bicyclic) bond motifs is 3. The normalized spacial score (nSPS) is 20.2. The number of hydrogen-bond acceptors (Lipinski definition) is 5. The smallest absolute Gasteiger partial charge is 0.407 e. The van der Waals surface area contributed by atoms with Gasteiger partial charge in [0.15, 0.2) is 6.10 Å². The Balaban J connectivity index is 1.35. The second-order valence-corrected chi connectivity index (χ2v) is 8.87. The Morgan fingerprint density at radius 3 is 2.29 bits per heavy atom. The number of benzene rings is 2. The van der Waals surface area contributed by atoms with Crippen LogP contribution in [-0.2, 0) is 19.1 Å². The quantitative estimate of drug-likeness (QED) is 0.649. The molecule has 1 aliphatic carbocycles. The van der Waals surface area contributed by atoms with E-state index in [1.807, 2.05) is 43.3 Å². The van der Waals surface area contributed by atoms with E-state index in [9.17, 15) is 19.5 Å². The summed E-state index contributed by atoms with van der Waals surface area (Å²) in [7, 11) is 1.37. The van der Waals surface area contributed by atoms with E-state index >= 15 is 0 Å². The van der Waals surface area contributed by atoms with Crippen molar-refractivity contribution in [2.75, 3.05) is 26.8 Å². The molecule has 0 aromatic heterocycles. The van der Waals surface area contributed by atoms with Gasteiger partial charge in [0.25, 0.3) is 5.91 Å². The number of amides is 2. The van der Waals surface area contributed by atoms with Crippen LogP contribution in [0.5, 0.6) is 0 Å². The largest absolute Gasteiger partial charge is 0.480 e. The summed E-state index contributed by atoms with van der Waals surface area (Å²) in [5, 5.41) is 12.2. The number of carboxylic acids is 1. The molecule has 180 valence electrons. The number of carboxylic acid groups (broad SMARTS) is 1. The number of methoxy groups -OCH3 is 1. The third-order valence-electron chi connectivity index (χ3n) is 6.80. The Morgan fingerprint density at radius 2 is 1.71 bits per heavy atom. The molecule has 2 aromatic carbocycles. The van der Waals surface area contributed by atoms with E-state index in [4.69, 9.17) is 9.47 Å². The van der Waals surface area contributed by atoms with E-state index in [1.165, 1.54) is 12.0 Å².